The summed E-state index contributed by atoms with van der Waals surface area (Å²) in [6.07, 6.45) is -1.34. The summed E-state index contributed by atoms with van der Waals surface area (Å²) in [6, 6.07) is 5.08. The topological polar surface area (TPSA) is 74.6 Å². The van der Waals surface area contributed by atoms with Crippen LogP contribution in [0.4, 0.5) is 0 Å². The molecule has 1 aromatic heterocycles. The number of aliphatic hydroxyl groups is 2. The Morgan fingerprint density at radius 1 is 1.44 bits per heavy atom. The second-order valence-electron chi connectivity index (χ2n) is 3.51. The molecule has 90 valence electrons. The smallest absolute Gasteiger partial charge is 0.213 e. The van der Waals surface area contributed by atoms with Crippen LogP contribution in [0.5, 0.6) is 5.88 Å². The van der Waals surface area contributed by atoms with E-state index in [9.17, 15) is 10.2 Å². The first-order valence-electron chi connectivity index (χ1n) is 5.20. The Kier molecular flexibility index (Phi) is 5.18. The zero-order chi connectivity index (χ0) is 12.0. The van der Waals surface area contributed by atoms with E-state index in [0.717, 1.165) is 0 Å². The Bertz CT molecular complexity index is 320. The third-order valence-corrected chi connectivity index (χ3v) is 2.31. The fourth-order valence-electron chi connectivity index (χ4n) is 1.36. The van der Waals surface area contributed by atoms with Crippen molar-refractivity contribution in [2.75, 3.05) is 20.7 Å². The molecular formula is C11H18N2O3. The Morgan fingerprint density at radius 2 is 2.19 bits per heavy atom. The minimum Gasteiger partial charge on any atom is -0.481 e. The van der Waals surface area contributed by atoms with Crippen molar-refractivity contribution in [3.8, 4) is 5.88 Å². The van der Waals surface area contributed by atoms with Crippen LogP contribution in [0.25, 0.3) is 0 Å². The van der Waals surface area contributed by atoms with E-state index in [1.54, 1.807) is 25.2 Å². The third-order valence-electron chi connectivity index (χ3n) is 2.31. The average molecular weight is 226 g/mol. The van der Waals surface area contributed by atoms with Crippen molar-refractivity contribution in [3.63, 3.8) is 0 Å². The summed E-state index contributed by atoms with van der Waals surface area (Å²) in [7, 11) is 3.30. The van der Waals surface area contributed by atoms with E-state index in [4.69, 9.17) is 4.74 Å². The Balaban J connectivity index is 2.67. The van der Waals surface area contributed by atoms with E-state index < -0.39 is 12.2 Å². The average Bonchev–Trinajstić information content (AvgIpc) is 2.35. The zero-order valence-electron chi connectivity index (χ0n) is 9.55. The summed E-state index contributed by atoms with van der Waals surface area (Å²) in [5, 5.41) is 22.4. The minimum atomic E-state index is -0.983. The van der Waals surface area contributed by atoms with Gasteiger partial charge in [-0.05, 0) is 26.1 Å². The molecule has 0 fully saturated rings. The van der Waals surface area contributed by atoms with Crippen LogP contribution >= 0.6 is 0 Å². The molecule has 0 aliphatic carbocycles. The van der Waals surface area contributed by atoms with Crippen LogP contribution < -0.4 is 10.1 Å². The van der Waals surface area contributed by atoms with Crippen molar-refractivity contribution < 1.29 is 14.9 Å². The highest BCUT2D eigenvalue weighted by Crippen LogP contribution is 2.18. The normalized spacial score (nSPS) is 14.5. The molecule has 0 aliphatic heterocycles. The van der Waals surface area contributed by atoms with Crippen molar-refractivity contribution in [1.82, 2.24) is 10.3 Å². The van der Waals surface area contributed by atoms with Gasteiger partial charge in [-0.3, -0.25) is 0 Å². The minimum absolute atomic E-state index is 0.419. The molecule has 0 saturated heterocycles. The number of pyridine rings is 1. The lowest BCUT2D eigenvalue weighted by Gasteiger charge is -2.17. The van der Waals surface area contributed by atoms with Crippen LogP contribution in [0, 0.1) is 0 Å². The highest BCUT2D eigenvalue weighted by Gasteiger charge is 2.19. The maximum Gasteiger partial charge on any atom is 0.213 e. The first-order chi connectivity index (χ1) is 7.69. The molecule has 1 rings (SSSR count). The summed E-state index contributed by atoms with van der Waals surface area (Å²) in [5.74, 6) is 0.428. The maximum absolute atomic E-state index is 9.84. The molecule has 5 heteroatoms. The molecule has 0 aromatic carbocycles. The van der Waals surface area contributed by atoms with Crippen LogP contribution in [0.2, 0.25) is 0 Å². The fourth-order valence-corrected chi connectivity index (χ4v) is 1.36. The largest absolute Gasteiger partial charge is 0.481 e. The van der Waals surface area contributed by atoms with Crippen LogP contribution in [0.3, 0.4) is 0 Å². The van der Waals surface area contributed by atoms with Crippen molar-refractivity contribution in [2.45, 2.75) is 18.6 Å². The van der Waals surface area contributed by atoms with E-state index in [1.165, 1.54) is 7.11 Å². The molecule has 0 amide bonds. The molecule has 0 saturated carbocycles. The lowest BCUT2D eigenvalue weighted by atomic mass is 10.1. The molecule has 0 radical (unpaired) electrons. The fraction of sp³-hybridized carbons (Fsp3) is 0.545. The van der Waals surface area contributed by atoms with Crippen molar-refractivity contribution in [2.24, 2.45) is 0 Å². The van der Waals surface area contributed by atoms with Gasteiger partial charge in [0.05, 0.1) is 18.9 Å². The molecule has 2 atom stereocenters. The molecule has 1 aromatic rings. The standard InChI is InChI=1S/C11H18N2O3/c1-12-7-6-9(14)11(15)8-4-3-5-10(13-8)16-2/h3-5,9,11-12,14-15H,6-7H2,1-2H3. The predicted octanol–water partition coefficient (Wildman–Crippen LogP) is 0.0940. The molecule has 5 nitrogen and oxygen atoms in total. The Morgan fingerprint density at radius 3 is 2.81 bits per heavy atom. The number of hydrogen-bond acceptors (Lipinski definition) is 5. The predicted molar refractivity (Wildman–Crippen MR) is 60.3 cm³/mol. The lowest BCUT2D eigenvalue weighted by molar-refractivity contribution is 0.0113. The number of rotatable bonds is 6. The van der Waals surface area contributed by atoms with Crippen molar-refractivity contribution >= 4 is 0 Å². The van der Waals surface area contributed by atoms with Gasteiger partial charge in [0.1, 0.15) is 6.10 Å². The van der Waals surface area contributed by atoms with E-state index in [0.29, 0.717) is 24.5 Å². The second-order valence-corrected chi connectivity index (χ2v) is 3.51. The first kappa shape index (κ1) is 12.9. The van der Waals surface area contributed by atoms with E-state index >= 15 is 0 Å². The Labute approximate surface area is 95.1 Å². The lowest BCUT2D eigenvalue weighted by Crippen LogP contribution is -2.24. The van der Waals surface area contributed by atoms with Crippen molar-refractivity contribution in [1.29, 1.82) is 0 Å². The Hall–Kier alpha value is -1.17. The summed E-state index contributed by atoms with van der Waals surface area (Å²) in [5.41, 5.74) is 0.419. The summed E-state index contributed by atoms with van der Waals surface area (Å²) in [6.45, 7) is 0.641. The van der Waals surface area contributed by atoms with Crippen LogP contribution in [0.15, 0.2) is 18.2 Å². The highest BCUT2D eigenvalue weighted by molar-refractivity contribution is 5.17. The van der Waals surface area contributed by atoms with Gasteiger partial charge < -0.3 is 20.3 Å². The number of nitrogens with one attached hydrogen (secondary N) is 1. The van der Waals surface area contributed by atoms with Crippen LogP contribution in [0.1, 0.15) is 18.2 Å². The molecule has 16 heavy (non-hydrogen) atoms. The summed E-state index contributed by atoms with van der Waals surface area (Å²) >= 11 is 0. The maximum atomic E-state index is 9.84. The van der Waals surface area contributed by atoms with Gasteiger partial charge in [0.15, 0.2) is 0 Å². The molecule has 0 spiro atoms. The van der Waals surface area contributed by atoms with Gasteiger partial charge in [0.25, 0.3) is 0 Å². The summed E-state index contributed by atoms with van der Waals surface area (Å²) in [4.78, 5) is 4.07. The van der Waals surface area contributed by atoms with Gasteiger partial charge in [0.2, 0.25) is 5.88 Å². The van der Waals surface area contributed by atoms with Gasteiger partial charge in [0, 0.05) is 6.07 Å². The van der Waals surface area contributed by atoms with Crippen molar-refractivity contribution in [3.05, 3.63) is 23.9 Å². The SMILES string of the molecule is CNCCC(O)C(O)c1cccc(OC)n1. The number of aromatic nitrogens is 1. The zero-order valence-corrected chi connectivity index (χ0v) is 9.55. The number of hydrogen-bond donors (Lipinski definition) is 3. The van der Waals surface area contributed by atoms with Gasteiger partial charge in [-0.1, -0.05) is 6.07 Å². The quantitative estimate of drug-likeness (QED) is 0.641. The van der Waals surface area contributed by atoms with Gasteiger partial charge in [-0.25, -0.2) is 4.98 Å². The first-order valence-corrected chi connectivity index (χ1v) is 5.20. The van der Waals surface area contributed by atoms with Gasteiger partial charge >= 0.3 is 0 Å². The van der Waals surface area contributed by atoms with Crippen LogP contribution in [-0.2, 0) is 0 Å². The second kappa shape index (κ2) is 6.42. The molecule has 0 bridgehead atoms. The molecule has 0 aliphatic rings. The molecular weight excluding hydrogens is 208 g/mol. The van der Waals surface area contributed by atoms with E-state index in [2.05, 4.69) is 10.3 Å². The number of ether oxygens (including phenoxy) is 1. The number of methoxy groups -OCH3 is 1. The molecule has 3 N–H and O–H groups in total. The van der Waals surface area contributed by atoms with E-state index in [1.807, 2.05) is 0 Å². The van der Waals surface area contributed by atoms with Crippen LogP contribution in [-0.4, -0.2) is 42.0 Å². The third kappa shape index (κ3) is 3.44. The molecule has 2 unspecified atom stereocenters. The summed E-state index contributed by atoms with van der Waals surface area (Å²) < 4.78 is 4.95. The molecule has 1 heterocycles. The highest BCUT2D eigenvalue weighted by atomic mass is 16.5. The monoisotopic (exact) mass is 226 g/mol. The van der Waals surface area contributed by atoms with E-state index in [-0.39, 0.29) is 0 Å². The van der Waals surface area contributed by atoms with Gasteiger partial charge in [-0.15, -0.1) is 0 Å². The van der Waals surface area contributed by atoms with Gasteiger partial charge in [-0.2, -0.15) is 0 Å². The number of nitrogens with zero attached hydrogens (tertiary/aromatic N) is 1. The number of aliphatic hydroxyl groups excluding tert-OH is 2.